The SMILES string of the molecule is CC(C1CC1)N1CCCC(NC2CCCCC2)C1. The fourth-order valence-electron chi connectivity index (χ4n) is 3.99. The van der Waals surface area contributed by atoms with Crippen molar-refractivity contribution < 1.29 is 0 Å². The van der Waals surface area contributed by atoms with Gasteiger partial charge in [0.05, 0.1) is 0 Å². The number of hydrogen-bond acceptors (Lipinski definition) is 2. The highest BCUT2D eigenvalue weighted by atomic mass is 15.2. The lowest BCUT2D eigenvalue weighted by Gasteiger charge is -2.39. The van der Waals surface area contributed by atoms with E-state index < -0.39 is 0 Å². The van der Waals surface area contributed by atoms with E-state index in [0.29, 0.717) is 0 Å². The molecule has 3 rings (SSSR count). The number of nitrogens with one attached hydrogen (secondary N) is 1. The van der Waals surface area contributed by atoms with Crippen molar-refractivity contribution in [1.82, 2.24) is 10.2 Å². The molecule has 1 saturated heterocycles. The van der Waals surface area contributed by atoms with Gasteiger partial charge in [-0.25, -0.2) is 0 Å². The molecule has 3 aliphatic rings. The Morgan fingerprint density at radius 3 is 2.33 bits per heavy atom. The van der Waals surface area contributed by atoms with E-state index in [1.54, 1.807) is 0 Å². The molecule has 0 aromatic carbocycles. The van der Waals surface area contributed by atoms with Gasteiger partial charge in [0.1, 0.15) is 0 Å². The third-order valence-corrected chi connectivity index (χ3v) is 5.41. The molecule has 1 N–H and O–H groups in total. The van der Waals surface area contributed by atoms with Crippen molar-refractivity contribution in [2.75, 3.05) is 13.1 Å². The van der Waals surface area contributed by atoms with Crippen molar-refractivity contribution in [3.63, 3.8) is 0 Å². The maximum atomic E-state index is 3.96. The number of likely N-dealkylation sites (tertiary alicyclic amines) is 1. The summed E-state index contributed by atoms with van der Waals surface area (Å²) in [5.41, 5.74) is 0. The van der Waals surface area contributed by atoms with Gasteiger partial charge >= 0.3 is 0 Å². The first kappa shape index (κ1) is 12.9. The van der Waals surface area contributed by atoms with E-state index >= 15 is 0 Å². The van der Waals surface area contributed by atoms with Crippen LogP contribution in [0.2, 0.25) is 0 Å². The second-order valence-electron chi connectivity index (χ2n) is 6.91. The first-order chi connectivity index (χ1) is 8.83. The lowest BCUT2D eigenvalue weighted by molar-refractivity contribution is 0.124. The molecule has 0 bridgehead atoms. The molecular weight excluding hydrogens is 220 g/mol. The van der Waals surface area contributed by atoms with E-state index in [9.17, 15) is 0 Å². The van der Waals surface area contributed by atoms with Crippen LogP contribution in [0.15, 0.2) is 0 Å². The average Bonchev–Trinajstić information content (AvgIpc) is 3.24. The van der Waals surface area contributed by atoms with E-state index in [4.69, 9.17) is 0 Å². The first-order valence-electron chi connectivity index (χ1n) is 8.33. The Balaban J connectivity index is 1.46. The van der Waals surface area contributed by atoms with Crippen LogP contribution in [0, 0.1) is 5.92 Å². The zero-order chi connectivity index (χ0) is 12.4. The zero-order valence-corrected chi connectivity index (χ0v) is 12.0. The summed E-state index contributed by atoms with van der Waals surface area (Å²) in [6.45, 7) is 5.12. The summed E-state index contributed by atoms with van der Waals surface area (Å²) in [6, 6.07) is 2.46. The van der Waals surface area contributed by atoms with Gasteiger partial charge in [-0.3, -0.25) is 4.90 Å². The van der Waals surface area contributed by atoms with E-state index in [1.807, 2.05) is 0 Å². The summed E-state index contributed by atoms with van der Waals surface area (Å²) in [5, 5.41) is 3.96. The number of piperidine rings is 1. The Morgan fingerprint density at radius 2 is 1.61 bits per heavy atom. The molecule has 2 heteroatoms. The molecule has 0 aromatic heterocycles. The number of rotatable bonds is 4. The number of hydrogen-bond donors (Lipinski definition) is 1. The molecule has 18 heavy (non-hydrogen) atoms. The molecule has 0 spiro atoms. The summed E-state index contributed by atoms with van der Waals surface area (Å²) in [4.78, 5) is 2.77. The van der Waals surface area contributed by atoms with E-state index in [2.05, 4.69) is 17.1 Å². The summed E-state index contributed by atoms with van der Waals surface area (Å²) in [5.74, 6) is 1.03. The van der Waals surface area contributed by atoms with Gasteiger partial charge in [0, 0.05) is 24.7 Å². The molecule has 2 nitrogen and oxygen atoms in total. The topological polar surface area (TPSA) is 15.3 Å². The van der Waals surface area contributed by atoms with Crippen molar-refractivity contribution >= 4 is 0 Å². The second kappa shape index (κ2) is 5.92. The minimum Gasteiger partial charge on any atom is -0.310 e. The molecule has 2 aliphatic carbocycles. The molecule has 2 atom stereocenters. The fraction of sp³-hybridized carbons (Fsp3) is 1.00. The van der Waals surface area contributed by atoms with Crippen LogP contribution in [0.25, 0.3) is 0 Å². The number of nitrogens with zero attached hydrogens (tertiary/aromatic N) is 1. The monoisotopic (exact) mass is 250 g/mol. The Hall–Kier alpha value is -0.0800. The molecule has 2 unspecified atom stereocenters. The Kier molecular flexibility index (Phi) is 4.25. The fourth-order valence-corrected chi connectivity index (χ4v) is 3.99. The maximum absolute atomic E-state index is 3.96. The molecular formula is C16H30N2. The van der Waals surface area contributed by atoms with Crippen LogP contribution < -0.4 is 5.32 Å². The highest BCUT2D eigenvalue weighted by Gasteiger charge is 2.34. The smallest absolute Gasteiger partial charge is 0.0198 e. The Labute approximate surface area is 113 Å². The van der Waals surface area contributed by atoms with Crippen molar-refractivity contribution in [2.45, 2.75) is 82.8 Å². The predicted molar refractivity (Wildman–Crippen MR) is 76.8 cm³/mol. The van der Waals surface area contributed by atoms with Gasteiger partial charge in [-0.1, -0.05) is 19.3 Å². The minimum absolute atomic E-state index is 0.781. The van der Waals surface area contributed by atoms with Crippen molar-refractivity contribution in [2.24, 2.45) is 5.92 Å². The lowest BCUT2D eigenvalue weighted by atomic mass is 9.93. The normalized spacial score (nSPS) is 33.5. The third kappa shape index (κ3) is 3.27. The van der Waals surface area contributed by atoms with E-state index in [-0.39, 0.29) is 0 Å². The first-order valence-corrected chi connectivity index (χ1v) is 8.33. The molecule has 2 saturated carbocycles. The highest BCUT2D eigenvalue weighted by molar-refractivity contribution is 4.90. The molecule has 1 aliphatic heterocycles. The standard InChI is InChI=1S/C16H30N2/c1-13(14-9-10-14)18-11-5-8-16(12-18)17-15-6-3-2-4-7-15/h13-17H,2-12H2,1H3. The summed E-state index contributed by atoms with van der Waals surface area (Å²) in [7, 11) is 0. The van der Waals surface area contributed by atoms with Crippen molar-refractivity contribution in [1.29, 1.82) is 0 Å². The molecule has 0 radical (unpaired) electrons. The lowest BCUT2D eigenvalue weighted by Crippen LogP contribution is -2.52. The van der Waals surface area contributed by atoms with Gasteiger partial charge in [-0.15, -0.1) is 0 Å². The highest BCUT2D eigenvalue weighted by Crippen LogP contribution is 2.36. The van der Waals surface area contributed by atoms with Gasteiger partial charge in [0.25, 0.3) is 0 Å². The van der Waals surface area contributed by atoms with E-state index in [1.165, 1.54) is 70.9 Å². The van der Waals surface area contributed by atoms with Gasteiger partial charge in [0.15, 0.2) is 0 Å². The van der Waals surface area contributed by atoms with Crippen molar-refractivity contribution in [3.8, 4) is 0 Å². The quantitative estimate of drug-likeness (QED) is 0.824. The van der Waals surface area contributed by atoms with Gasteiger partial charge in [0.2, 0.25) is 0 Å². The van der Waals surface area contributed by atoms with Gasteiger partial charge in [-0.2, -0.15) is 0 Å². The van der Waals surface area contributed by atoms with Crippen LogP contribution in [0.1, 0.15) is 64.7 Å². The predicted octanol–water partition coefficient (Wildman–Crippen LogP) is 3.17. The molecule has 1 heterocycles. The van der Waals surface area contributed by atoms with Gasteiger partial charge in [-0.05, 0) is 57.9 Å². The zero-order valence-electron chi connectivity index (χ0n) is 12.0. The molecule has 3 fully saturated rings. The molecule has 104 valence electrons. The average molecular weight is 250 g/mol. The Morgan fingerprint density at radius 1 is 0.889 bits per heavy atom. The van der Waals surface area contributed by atoms with Crippen LogP contribution in [-0.2, 0) is 0 Å². The van der Waals surface area contributed by atoms with Crippen LogP contribution in [-0.4, -0.2) is 36.1 Å². The van der Waals surface area contributed by atoms with Crippen LogP contribution in [0.4, 0.5) is 0 Å². The van der Waals surface area contributed by atoms with Crippen LogP contribution in [0.3, 0.4) is 0 Å². The van der Waals surface area contributed by atoms with Crippen molar-refractivity contribution in [3.05, 3.63) is 0 Å². The van der Waals surface area contributed by atoms with Crippen LogP contribution >= 0.6 is 0 Å². The molecule has 0 amide bonds. The van der Waals surface area contributed by atoms with Crippen LogP contribution in [0.5, 0.6) is 0 Å². The maximum Gasteiger partial charge on any atom is 0.0198 e. The third-order valence-electron chi connectivity index (χ3n) is 5.41. The second-order valence-corrected chi connectivity index (χ2v) is 6.91. The van der Waals surface area contributed by atoms with Gasteiger partial charge < -0.3 is 5.32 Å². The summed E-state index contributed by atoms with van der Waals surface area (Å²) < 4.78 is 0. The minimum atomic E-state index is 0.781. The largest absolute Gasteiger partial charge is 0.310 e. The molecule has 0 aromatic rings. The summed E-state index contributed by atoms with van der Waals surface area (Å²) in [6.07, 6.45) is 13.0. The van der Waals surface area contributed by atoms with E-state index in [0.717, 1.165) is 24.0 Å². The Bertz CT molecular complexity index is 256. The summed E-state index contributed by atoms with van der Waals surface area (Å²) >= 11 is 0.